The van der Waals surface area contributed by atoms with E-state index in [4.69, 9.17) is 4.52 Å². The molecule has 0 atom stereocenters. The largest absolute Gasteiger partial charge is 0.338 e. The number of rotatable bonds is 6. The predicted molar refractivity (Wildman–Crippen MR) is 111 cm³/mol. The number of non-ortho nitro benzene ring substituents is 1. The van der Waals surface area contributed by atoms with Crippen LogP contribution in [0, 0.1) is 15.9 Å². The van der Waals surface area contributed by atoms with Crippen LogP contribution < -0.4 is 0 Å². The van der Waals surface area contributed by atoms with E-state index >= 15 is 0 Å². The summed E-state index contributed by atoms with van der Waals surface area (Å²) in [6.07, 6.45) is 0.615. The summed E-state index contributed by atoms with van der Waals surface area (Å²) in [7, 11) is -3.70. The molecule has 1 fully saturated rings. The fraction of sp³-hybridized carbons (Fsp3) is 0.300. The average Bonchev–Trinajstić information content (AvgIpc) is 3.11. The van der Waals surface area contributed by atoms with Gasteiger partial charge in [-0.15, -0.1) is 0 Å². The number of hydrogen-bond donors (Lipinski definition) is 0. The van der Waals surface area contributed by atoms with E-state index in [1.165, 1.54) is 28.6 Å². The van der Waals surface area contributed by atoms with Gasteiger partial charge in [0.1, 0.15) is 5.82 Å². The van der Waals surface area contributed by atoms with Crippen LogP contribution in [-0.4, -0.2) is 58.9 Å². The van der Waals surface area contributed by atoms with Gasteiger partial charge < -0.3 is 4.52 Å². The summed E-state index contributed by atoms with van der Waals surface area (Å²) < 4.78 is 45.5. The molecule has 32 heavy (non-hydrogen) atoms. The van der Waals surface area contributed by atoms with E-state index < -0.39 is 20.8 Å². The van der Waals surface area contributed by atoms with Crippen molar-refractivity contribution in [3.05, 3.63) is 70.4 Å². The Kier molecular flexibility index (Phi) is 6.26. The first-order chi connectivity index (χ1) is 15.3. The Morgan fingerprint density at radius 1 is 1.03 bits per heavy atom. The molecule has 0 saturated carbocycles. The molecule has 1 aliphatic heterocycles. The topological polar surface area (TPSA) is 123 Å². The van der Waals surface area contributed by atoms with E-state index in [2.05, 4.69) is 10.1 Å². The minimum Gasteiger partial charge on any atom is -0.338 e. The first kappa shape index (κ1) is 22.0. The van der Waals surface area contributed by atoms with Gasteiger partial charge in [0.05, 0.1) is 16.4 Å². The summed E-state index contributed by atoms with van der Waals surface area (Å²) in [5, 5.41) is 14.7. The number of halogens is 1. The van der Waals surface area contributed by atoms with Gasteiger partial charge >= 0.3 is 0 Å². The summed E-state index contributed by atoms with van der Waals surface area (Å²) in [6, 6.07) is 10.7. The van der Waals surface area contributed by atoms with Crippen LogP contribution in [0.5, 0.6) is 0 Å². The molecule has 3 aromatic rings. The smallest absolute Gasteiger partial charge is 0.269 e. The minimum absolute atomic E-state index is 0.0258. The highest BCUT2D eigenvalue weighted by atomic mass is 32.2. The quantitative estimate of drug-likeness (QED) is 0.406. The monoisotopic (exact) mass is 461 g/mol. The third kappa shape index (κ3) is 4.82. The first-order valence-electron chi connectivity index (χ1n) is 9.88. The molecule has 0 radical (unpaired) electrons. The molecule has 168 valence electrons. The molecular weight excluding hydrogens is 441 g/mol. The van der Waals surface area contributed by atoms with E-state index in [1.54, 1.807) is 12.1 Å². The third-order valence-corrected chi connectivity index (χ3v) is 7.08. The Bertz CT molecular complexity index is 1200. The molecule has 1 aromatic heterocycles. The average molecular weight is 461 g/mol. The van der Waals surface area contributed by atoms with Gasteiger partial charge in [0.25, 0.3) is 5.69 Å². The van der Waals surface area contributed by atoms with Gasteiger partial charge in [-0.25, -0.2) is 12.8 Å². The normalized spacial score (nSPS) is 16.0. The summed E-state index contributed by atoms with van der Waals surface area (Å²) >= 11 is 0. The molecule has 2 aromatic carbocycles. The van der Waals surface area contributed by atoms with Gasteiger partial charge in [0.15, 0.2) is 0 Å². The maximum atomic E-state index is 13.1. The highest BCUT2D eigenvalue weighted by Crippen LogP contribution is 2.21. The van der Waals surface area contributed by atoms with Crippen molar-refractivity contribution in [2.75, 3.05) is 26.2 Å². The lowest BCUT2D eigenvalue weighted by molar-refractivity contribution is -0.384. The predicted octanol–water partition coefficient (Wildman–Crippen LogP) is 2.68. The van der Waals surface area contributed by atoms with Gasteiger partial charge in [-0.05, 0) is 49.4 Å². The van der Waals surface area contributed by atoms with Crippen molar-refractivity contribution in [3.8, 4) is 11.4 Å². The van der Waals surface area contributed by atoms with Crippen LogP contribution in [0.4, 0.5) is 10.1 Å². The molecule has 0 bridgehead atoms. The molecule has 0 amide bonds. The Hall–Kier alpha value is -3.22. The lowest BCUT2D eigenvalue weighted by Crippen LogP contribution is -2.35. The fourth-order valence-electron chi connectivity index (χ4n) is 3.46. The molecular formula is C20H20FN5O5S. The zero-order valence-electron chi connectivity index (χ0n) is 16.9. The van der Waals surface area contributed by atoms with Crippen molar-refractivity contribution in [1.29, 1.82) is 0 Å². The highest BCUT2D eigenvalue weighted by Gasteiger charge is 2.27. The van der Waals surface area contributed by atoms with Gasteiger partial charge in [-0.1, -0.05) is 5.16 Å². The van der Waals surface area contributed by atoms with E-state index in [-0.39, 0.29) is 17.1 Å². The molecule has 2 heterocycles. The molecule has 0 unspecified atom stereocenters. The Morgan fingerprint density at radius 3 is 2.44 bits per heavy atom. The van der Waals surface area contributed by atoms with Crippen molar-refractivity contribution < 1.29 is 22.3 Å². The van der Waals surface area contributed by atoms with Crippen molar-refractivity contribution in [2.45, 2.75) is 17.9 Å². The summed E-state index contributed by atoms with van der Waals surface area (Å²) in [4.78, 5) is 16.7. The number of nitro benzene ring substituents is 1. The van der Waals surface area contributed by atoms with Crippen LogP contribution in [0.2, 0.25) is 0 Å². The number of sulfonamides is 1. The second kappa shape index (κ2) is 9.10. The van der Waals surface area contributed by atoms with Crippen LogP contribution in [0.25, 0.3) is 11.4 Å². The van der Waals surface area contributed by atoms with Gasteiger partial charge in [0, 0.05) is 37.3 Å². The van der Waals surface area contributed by atoms with E-state index in [9.17, 15) is 22.9 Å². The van der Waals surface area contributed by atoms with Crippen LogP contribution >= 0.6 is 0 Å². The van der Waals surface area contributed by atoms with Crippen molar-refractivity contribution in [3.63, 3.8) is 0 Å². The Balaban J connectivity index is 1.39. The van der Waals surface area contributed by atoms with Crippen molar-refractivity contribution >= 4 is 15.7 Å². The molecule has 12 heteroatoms. The van der Waals surface area contributed by atoms with Crippen LogP contribution in [0.3, 0.4) is 0 Å². The molecule has 10 nitrogen and oxygen atoms in total. The number of nitro groups is 1. The van der Waals surface area contributed by atoms with E-state index in [0.29, 0.717) is 49.9 Å². The number of aromatic nitrogens is 2. The van der Waals surface area contributed by atoms with Crippen LogP contribution in [0.15, 0.2) is 57.9 Å². The zero-order chi connectivity index (χ0) is 22.7. The number of nitrogens with zero attached hydrogens (tertiary/aromatic N) is 5. The SMILES string of the molecule is O=[N+]([O-])c1ccc(-c2noc(CN3CCCN(S(=O)(=O)c4ccc(F)cc4)CC3)n2)cc1. The standard InChI is InChI=1S/C20H20FN5O5S/c21-16-4-8-18(9-5-16)32(29,30)25-11-1-10-24(12-13-25)14-19-22-20(23-31-19)15-2-6-17(7-3-15)26(27)28/h2-9H,1,10-14H2. The van der Waals surface area contributed by atoms with Gasteiger partial charge in [-0.3, -0.25) is 15.0 Å². The van der Waals surface area contributed by atoms with E-state index in [0.717, 1.165) is 12.1 Å². The molecule has 4 rings (SSSR count). The molecule has 0 aliphatic carbocycles. The second-order valence-electron chi connectivity index (χ2n) is 7.30. The molecule has 1 aliphatic rings. The lowest BCUT2D eigenvalue weighted by atomic mass is 10.2. The summed E-state index contributed by atoms with van der Waals surface area (Å²) in [5.74, 6) is 0.206. The van der Waals surface area contributed by atoms with Crippen LogP contribution in [0.1, 0.15) is 12.3 Å². The highest BCUT2D eigenvalue weighted by molar-refractivity contribution is 7.89. The molecule has 0 spiro atoms. The van der Waals surface area contributed by atoms with Gasteiger partial charge in [-0.2, -0.15) is 9.29 Å². The van der Waals surface area contributed by atoms with Crippen molar-refractivity contribution in [2.24, 2.45) is 0 Å². The number of hydrogen-bond acceptors (Lipinski definition) is 8. The minimum atomic E-state index is -3.70. The fourth-order valence-corrected chi connectivity index (χ4v) is 4.93. The maximum absolute atomic E-state index is 13.1. The van der Waals surface area contributed by atoms with Gasteiger partial charge in [0.2, 0.25) is 21.7 Å². The lowest BCUT2D eigenvalue weighted by Gasteiger charge is -2.20. The second-order valence-corrected chi connectivity index (χ2v) is 9.24. The maximum Gasteiger partial charge on any atom is 0.269 e. The molecule has 1 saturated heterocycles. The summed E-state index contributed by atoms with van der Waals surface area (Å²) in [5.41, 5.74) is 0.570. The Morgan fingerprint density at radius 2 is 1.75 bits per heavy atom. The molecule has 0 N–H and O–H groups in total. The number of benzene rings is 2. The van der Waals surface area contributed by atoms with E-state index in [1.807, 2.05) is 4.90 Å². The Labute approximate surface area is 183 Å². The first-order valence-corrected chi connectivity index (χ1v) is 11.3. The van der Waals surface area contributed by atoms with Crippen molar-refractivity contribution in [1.82, 2.24) is 19.3 Å². The summed E-state index contributed by atoms with van der Waals surface area (Å²) in [6.45, 7) is 2.10. The third-order valence-electron chi connectivity index (χ3n) is 5.16. The zero-order valence-corrected chi connectivity index (χ0v) is 17.7. The van der Waals surface area contributed by atoms with Crippen LogP contribution in [-0.2, 0) is 16.6 Å².